The van der Waals surface area contributed by atoms with Crippen LogP contribution in [0.4, 0.5) is 0 Å². The highest BCUT2D eigenvalue weighted by molar-refractivity contribution is 4.90. The SMILES string of the molecule is C.CC1[C@@H](O)C(OC2OC(CO)[C@@H](C)C(O)[C@H]2C)C(CO)O[C@H]1O. The van der Waals surface area contributed by atoms with Gasteiger partial charge in [-0.2, -0.15) is 0 Å². The average Bonchev–Trinajstić information content (AvgIpc) is 2.55. The average molecular weight is 352 g/mol. The van der Waals surface area contributed by atoms with Crippen LogP contribution >= 0.6 is 0 Å². The Bertz CT molecular complexity index is 377. The quantitative estimate of drug-likeness (QED) is 0.439. The van der Waals surface area contributed by atoms with E-state index in [1.807, 2.05) is 0 Å². The lowest BCUT2D eigenvalue weighted by Crippen LogP contribution is -2.59. The van der Waals surface area contributed by atoms with Gasteiger partial charge in [0.25, 0.3) is 0 Å². The Labute approximate surface area is 143 Å². The second-order valence-corrected chi connectivity index (χ2v) is 6.63. The Kier molecular flexibility index (Phi) is 8.02. The van der Waals surface area contributed by atoms with Crippen LogP contribution < -0.4 is 0 Å². The van der Waals surface area contributed by atoms with Gasteiger partial charge in [0.2, 0.25) is 0 Å². The fourth-order valence-electron chi connectivity index (χ4n) is 3.18. The smallest absolute Gasteiger partial charge is 0.163 e. The fraction of sp³-hybridized carbons (Fsp3) is 1.00. The van der Waals surface area contributed by atoms with E-state index in [0.29, 0.717) is 0 Å². The molecule has 0 aromatic heterocycles. The zero-order chi connectivity index (χ0) is 17.3. The molecule has 2 fully saturated rings. The lowest BCUT2D eigenvalue weighted by Gasteiger charge is -2.46. The molecule has 2 aliphatic heterocycles. The second-order valence-electron chi connectivity index (χ2n) is 6.63. The van der Waals surface area contributed by atoms with Crippen LogP contribution in [-0.2, 0) is 14.2 Å². The summed E-state index contributed by atoms with van der Waals surface area (Å²) in [4.78, 5) is 0. The lowest BCUT2D eigenvalue weighted by atomic mass is 9.85. The van der Waals surface area contributed by atoms with Crippen molar-refractivity contribution in [1.29, 1.82) is 0 Å². The van der Waals surface area contributed by atoms with Crippen molar-refractivity contribution in [3.63, 3.8) is 0 Å². The highest BCUT2D eigenvalue weighted by Gasteiger charge is 2.47. The van der Waals surface area contributed by atoms with Crippen molar-refractivity contribution < 1.29 is 39.7 Å². The number of aliphatic hydroxyl groups is 5. The van der Waals surface area contributed by atoms with Crippen molar-refractivity contribution in [3.8, 4) is 0 Å². The molecule has 0 aromatic rings. The van der Waals surface area contributed by atoms with Crippen LogP contribution in [0.2, 0.25) is 0 Å². The molecule has 0 radical (unpaired) electrons. The first-order valence-electron chi connectivity index (χ1n) is 8.04. The number of aliphatic hydroxyl groups excluding tert-OH is 5. The minimum atomic E-state index is -1.19. The number of rotatable bonds is 4. The van der Waals surface area contributed by atoms with Gasteiger partial charge >= 0.3 is 0 Å². The van der Waals surface area contributed by atoms with Crippen LogP contribution in [0.1, 0.15) is 28.2 Å². The van der Waals surface area contributed by atoms with Gasteiger partial charge in [-0.25, -0.2) is 0 Å². The summed E-state index contributed by atoms with van der Waals surface area (Å²) >= 11 is 0. The third-order valence-electron chi connectivity index (χ3n) is 5.06. The van der Waals surface area contributed by atoms with Crippen LogP contribution in [0.25, 0.3) is 0 Å². The van der Waals surface area contributed by atoms with Gasteiger partial charge in [0, 0.05) is 17.8 Å². The number of hydrogen-bond donors (Lipinski definition) is 5. The van der Waals surface area contributed by atoms with Crippen LogP contribution in [0, 0.1) is 17.8 Å². The van der Waals surface area contributed by atoms with Gasteiger partial charge in [0.05, 0.1) is 31.5 Å². The van der Waals surface area contributed by atoms with Gasteiger partial charge in [-0.3, -0.25) is 0 Å². The van der Waals surface area contributed by atoms with Crippen molar-refractivity contribution in [1.82, 2.24) is 0 Å². The Balaban J connectivity index is 0.00000288. The van der Waals surface area contributed by atoms with Crippen molar-refractivity contribution in [2.24, 2.45) is 17.8 Å². The number of ether oxygens (including phenoxy) is 3. The number of hydrogen-bond acceptors (Lipinski definition) is 8. The molecule has 8 heteroatoms. The highest BCUT2D eigenvalue weighted by atomic mass is 16.7. The Morgan fingerprint density at radius 1 is 0.792 bits per heavy atom. The minimum absolute atomic E-state index is 0. The monoisotopic (exact) mass is 352 g/mol. The van der Waals surface area contributed by atoms with Crippen molar-refractivity contribution in [2.45, 2.75) is 71.3 Å². The van der Waals surface area contributed by atoms with Crippen LogP contribution in [0.5, 0.6) is 0 Å². The van der Waals surface area contributed by atoms with Crippen molar-refractivity contribution in [3.05, 3.63) is 0 Å². The van der Waals surface area contributed by atoms with E-state index in [1.54, 1.807) is 20.8 Å². The van der Waals surface area contributed by atoms with E-state index in [4.69, 9.17) is 14.2 Å². The summed E-state index contributed by atoms with van der Waals surface area (Å²) < 4.78 is 16.7. The van der Waals surface area contributed by atoms with E-state index in [9.17, 15) is 25.5 Å². The van der Waals surface area contributed by atoms with Gasteiger partial charge in [0.15, 0.2) is 12.6 Å². The first-order chi connectivity index (χ1) is 10.8. The van der Waals surface area contributed by atoms with E-state index < -0.39 is 55.6 Å². The maximum atomic E-state index is 10.3. The van der Waals surface area contributed by atoms with E-state index in [0.717, 1.165) is 0 Å². The van der Waals surface area contributed by atoms with E-state index >= 15 is 0 Å². The summed E-state index contributed by atoms with van der Waals surface area (Å²) in [5, 5.41) is 49.1. The summed E-state index contributed by atoms with van der Waals surface area (Å²) in [5.74, 6) is -1.24. The molecule has 5 N–H and O–H groups in total. The zero-order valence-electron chi connectivity index (χ0n) is 13.6. The van der Waals surface area contributed by atoms with Gasteiger partial charge < -0.3 is 39.7 Å². The fourth-order valence-corrected chi connectivity index (χ4v) is 3.18. The van der Waals surface area contributed by atoms with Gasteiger partial charge in [-0.05, 0) is 0 Å². The van der Waals surface area contributed by atoms with E-state index in [1.165, 1.54) is 0 Å². The molecule has 24 heavy (non-hydrogen) atoms. The molecule has 2 rings (SSSR count). The molecule has 0 spiro atoms. The summed E-state index contributed by atoms with van der Waals surface area (Å²) in [7, 11) is 0. The summed E-state index contributed by atoms with van der Waals surface area (Å²) in [5.41, 5.74) is 0. The molecule has 0 aromatic carbocycles. The maximum absolute atomic E-state index is 10.3. The Hall–Kier alpha value is -0.320. The molecule has 2 heterocycles. The van der Waals surface area contributed by atoms with E-state index in [-0.39, 0.29) is 25.9 Å². The third-order valence-corrected chi connectivity index (χ3v) is 5.06. The third kappa shape index (κ3) is 4.08. The first kappa shape index (κ1) is 21.7. The Morgan fingerprint density at radius 2 is 1.38 bits per heavy atom. The molecule has 8 nitrogen and oxygen atoms in total. The molecule has 2 saturated heterocycles. The standard InChI is InChI=1S/C15H28O8.CH4/c1-6-9(4-16)22-15(8(3)11(6)18)23-13-10(5-17)21-14(20)7(2)12(13)19;/h6-20H,4-5H2,1-3H3;1H4/t6-,7?,8-,9?,10?,11?,12-,13?,14-,15?;/m1./s1. The molecular formula is C16H32O8. The molecule has 0 aliphatic carbocycles. The molecule has 10 atom stereocenters. The van der Waals surface area contributed by atoms with Crippen LogP contribution in [0.15, 0.2) is 0 Å². The van der Waals surface area contributed by atoms with Crippen LogP contribution in [-0.4, -0.2) is 81.8 Å². The second kappa shape index (κ2) is 8.86. The molecule has 144 valence electrons. The molecule has 6 unspecified atom stereocenters. The van der Waals surface area contributed by atoms with Crippen molar-refractivity contribution in [2.75, 3.05) is 13.2 Å². The first-order valence-corrected chi connectivity index (χ1v) is 8.04. The van der Waals surface area contributed by atoms with Gasteiger partial charge in [-0.15, -0.1) is 0 Å². The van der Waals surface area contributed by atoms with Gasteiger partial charge in [0.1, 0.15) is 12.2 Å². The Morgan fingerprint density at radius 3 is 1.92 bits per heavy atom. The predicted molar refractivity (Wildman–Crippen MR) is 84.8 cm³/mol. The summed E-state index contributed by atoms with van der Waals surface area (Å²) in [6, 6.07) is 0. The minimum Gasteiger partial charge on any atom is -0.394 e. The lowest BCUT2D eigenvalue weighted by molar-refractivity contribution is -0.335. The van der Waals surface area contributed by atoms with Crippen molar-refractivity contribution >= 4 is 0 Å². The largest absolute Gasteiger partial charge is 0.394 e. The molecule has 0 amide bonds. The molecular weight excluding hydrogens is 320 g/mol. The highest BCUT2D eigenvalue weighted by Crippen LogP contribution is 2.34. The topological polar surface area (TPSA) is 129 Å². The van der Waals surface area contributed by atoms with Crippen LogP contribution in [0.3, 0.4) is 0 Å². The van der Waals surface area contributed by atoms with E-state index in [2.05, 4.69) is 0 Å². The molecule has 0 bridgehead atoms. The predicted octanol–water partition coefficient (Wildman–Crippen LogP) is -0.935. The summed E-state index contributed by atoms with van der Waals surface area (Å²) in [6.45, 7) is 4.45. The summed E-state index contributed by atoms with van der Waals surface area (Å²) in [6.07, 6.45) is -6.25. The molecule has 2 aliphatic rings. The van der Waals surface area contributed by atoms with Gasteiger partial charge in [-0.1, -0.05) is 28.2 Å². The normalized spacial score (nSPS) is 49.5. The maximum Gasteiger partial charge on any atom is 0.163 e. The zero-order valence-corrected chi connectivity index (χ0v) is 13.6. The molecule has 0 saturated carbocycles.